The Labute approximate surface area is 126 Å². The van der Waals surface area contributed by atoms with Crippen LogP contribution in [0, 0.1) is 0 Å². The molecule has 4 rings (SSSR count). The number of carbonyl (C=O) groups is 1. The van der Waals surface area contributed by atoms with E-state index in [1.54, 1.807) is 23.9 Å². The van der Waals surface area contributed by atoms with Crippen LogP contribution < -0.4 is 0 Å². The molecule has 0 saturated carbocycles. The third-order valence-electron chi connectivity index (χ3n) is 4.04. The van der Waals surface area contributed by atoms with Crippen LogP contribution in [0.5, 0.6) is 0 Å². The van der Waals surface area contributed by atoms with Crippen molar-refractivity contribution in [3.63, 3.8) is 0 Å². The zero-order valence-corrected chi connectivity index (χ0v) is 12.3. The monoisotopic (exact) mass is 295 g/mol. The highest BCUT2D eigenvalue weighted by molar-refractivity contribution is 7.08. The molecule has 2 aromatic rings. The molecule has 2 aliphatic rings. The molecule has 0 aromatic carbocycles. The zero-order chi connectivity index (χ0) is 14.4. The highest BCUT2D eigenvalue weighted by Crippen LogP contribution is 2.46. The van der Waals surface area contributed by atoms with E-state index in [2.05, 4.69) is 10.3 Å². The Morgan fingerprint density at radius 1 is 1.24 bits per heavy atom. The molecule has 1 atom stereocenters. The van der Waals surface area contributed by atoms with E-state index in [4.69, 9.17) is 4.42 Å². The minimum atomic E-state index is -0.654. The first kappa shape index (κ1) is 12.4. The van der Waals surface area contributed by atoms with Crippen LogP contribution in [0.25, 0.3) is 11.3 Å². The summed E-state index contributed by atoms with van der Waals surface area (Å²) in [5, 5.41) is 4.10. The minimum absolute atomic E-state index is 0.103. The number of rotatable bonds is 2. The number of thiophene rings is 1. The third-order valence-corrected chi connectivity index (χ3v) is 4.72. The van der Waals surface area contributed by atoms with Crippen LogP contribution in [0.15, 0.2) is 64.3 Å². The Balaban J connectivity index is 2.01. The van der Waals surface area contributed by atoms with E-state index in [-0.39, 0.29) is 5.78 Å². The molecule has 21 heavy (non-hydrogen) atoms. The fourth-order valence-electron chi connectivity index (χ4n) is 2.94. The summed E-state index contributed by atoms with van der Waals surface area (Å²) in [6, 6.07) is 3.89. The van der Waals surface area contributed by atoms with E-state index >= 15 is 0 Å². The second kappa shape index (κ2) is 4.33. The number of hydrogen-bond acceptors (Lipinski definition) is 4. The summed E-state index contributed by atoms with van der Waals surface area (Å²) >= 11 is 1.63. The van der Waals surface area contributed by atoms with Crippen molar-refractivity contribution in [1.82, 2.24) is 4.90 Å². The average Bonchev–Trinajstić information content (AvgIpc) is 3.20. The average molecular weight is 295 g/mol. The van der Waals surface area contributed by atoms with E-state index in [0.717, 1.165) is 22.4 Å². The van der Waals surface area contributed by atoms with Crippen molar-refractivity contribution in [2.45, 2.75) is 12.5 Å². The predicted molar refractivity (Wildman–Crippen MR) is 83.4 cm³/mol. The standard InChI is InChI=1S/C17H13NO2S/c1-17-6-2-3-7-18(17)15(13-5-9-21-11-13)14(16(17)19)12-4-8-20-10-12/h2-11H,1H3. The number of ketones is 1. The molecule has 1 unspecified atom stereocenters. The van der Waals surface area contributed by atoms with Gasteiger partial charge >= 0.3 is 0 Å². The third kappa shape index (κ3) is 1.63. The van der Waals surface area contributed by atoms with Crippen LogP contribution in [0.2, 0.25) is 0 Å². The van der Waals surface area contributed by atoms with Crippen LogP contribution in [0.4, 0.5) is 0 Å². The molecule has 4 heteroatoms. The van der Waals surface area contributed by atoms with Gasteiger partial charge in [-0.05, 0) is 30.5 Å². The van der Waals surface area contributed by atoms with Gasteiger partial charge in [-0.1, -0.05) is 12.2 Å². The molecule has 3 nitrogen and oxygen atoms in total. The second-order valence-corrected chi connectivity index (χ2v) is 6.07. The van der Waals surface area contributed by atoms with E-state index in [0.29, 0.717) is 0 Å². The summed E-state index contributed by atoms with van der Waals surface area (Å²) in [6.07, 6.45) is 11.0. The molecule has 0 radical (unpaired) electrons. The quantitative estimate of drug-likeness (QED) is 0.841. The summed E-state index contributed by atoms with van der Waals surface area (Å²) < 4.78 is 5.19. The number of carbonyl (C=O) groups excluding carboxylic acids is 1. The highest BCUT2D eigenvalue weighted by Gasteiger charge is 2.48. The zero-order valence-electron chi connectivity index (χ0n) is 11.4. The number of allylic oxidation sites excluding steroid dienone is 2. The Kier molecular flexibility index (Phi) is 2.56. The molecule has 2 aromatic heterocycles. The second-order valence-electron chi connectivity index (χ2n) is 5.29. The van der Waals surface area contributed by atoms with E-state index in [1.165, 1.54) is 0 Å². The normalized spacial score (nSPS) is 24.0. The molecule has 0 saturated heterocycles. The molecule has 0 bridgehead atoms. The first-order valence-electron chi connectivity index (χ1n) is 6.71. The fourth-order valence-corrected chi connectivity index (χ4v) is 3.58. The van der Waals surface area contributed by atoms with Crippen LogP contribution in [0.1, 0.15) is 18.1 Å². The van der Waals surface area contributed by atoms with Crippen LogP contribution >= 0.6 is 11.3 Å². The number of Topliss-reactive ketones (excluding diaryl/α,β-unsaturated/α-hetero) is 1. The Morgan fingerprint density at radius 3 is 2.86 bits per heavy atom. The van der Waals surface area contributed by atoms with Gasteiger partial charge in [-0.15, -0.1) is 0 Å². The number of nitrogens with zero attached hydrogens (tertiary/aromatic N) is 1. The largest absolute Gasteiger partial charge is 0.472 e. The summed E-state index contributed by atoms with van der Waals surface area (Å²) in [4.78, 5) is 15.1. The highest BCUT2D eigenvalue weighted by atomic mass is 32.1. The van der Waals surface area contributed by atoms with Gasteiger partial charge in [0.25, 0.3) is 0 Å². The molecule has 0 N–H and O–H groups in total. The summed E-state index contributed by atoms with van der Waals surface area (Å²) in [5.74, 6) is 0.103. The topological polar surface area (TPSA) is 33.5 Å². The van der Waals surface area contributed by atoms with E-state index < -0.39 is 5.54 Å². The number of fused-ring (bicyclic) bond motifs is 1. The smallest absolute Gasteiger partial charge is 0.195 e. The molecule has 0 amide bonds. The van der Waals surface area contributed by atoms with Gasteiger partial charge in [-0.25, -0.2) is 0 Å². The van der Waals surface area contributed by atoms with Gasteiger partial charge in [-0.2, -0.15) is 11.3 Å². The van der Waals surface area contributed by atoms with Gasteiger partial charge in [0, 0.05) is 22.7 Å². The maximum absolute atomic E-state index is 13.0. The van der Waals surface area contributed by atoms with Crippen molar-refractivity contribution in [3.8, 4) is 0 Å². The van der Waals surface area contributed by atoms with Crippen LogP contribution in [-0.2, 0) is 4.79 Å². The van der Waals surface area contributed by atoms with E-state index in [9.17, 15) is 4.79 Å². The summed E-state index contributed by atoms with van der Waals surface area (Å²) in [7, 11) is 0. The Morgan fingerprint density at radius 2 is 2.14 bits per heavy atom. The van der Waals surface area contributed by atoms with Crippen LogP contribution in [-0.4, -0.2) is 16.2 Å². The van der Waals surface area contributed by atoms with Gasteiger partial charge < -0.3 is 9.32 Å². The van der Waals surface area contributed by atoms with Crippen molar-refractivity contribution in [2.24, 2.45) is 0 Å². The Bertz CT molecular complexity index is 781. The van der Waals surface area contributed by atoms with Crippen LogP contribution in [0.3, 0.4) is 0 Å². The predicted octanol–water partition coefficient (Wildman–Crippen LogP) is 3.94. The van der Waals surface area contributed by atoms with Crippen molar-refractivity contribution in [3.05, 3.63) is 71.0 Å². The molecule has 0 spiro atoms. The fraction of sp³-hybridized carbons (Fsp3) is 0.118. The first-order chi connectivity index (χ1) is 10.2. The molecule has 2 aliphatic heterocycles. The molecule has 0 aliphatic carbocycles. The lowest BCUT2D eigenvalue weighted by molar-refractivity contribution is -0.118. The summed E-state index contributed by atoms with van der Waals surface area (Å²) in [5.41, 5.74) is 2.91. The molecule has 104 valence electrons. The molecule has 4 heterocycles. The van der Waals surface area contributed by atoms with Crippen molar-refractivity contribution < 1.29 is 9.21 Å². The van der Waals surface area contributed by atoms with E-state index in [1.807, 2.05) is 48.9 Å². The van der Waals surface area contributed by atoms with Gasteiger partial charge in [0.15, 0.2) is 5.78 Å². The lowest BCUT2D eigenvalue weighted by Gasteiger charge is -2.34. The molecular formula is C17H13NO2S. The van der Waals surface area contributed by atoms with Gasteiger partial charge in [0.1, 0.15) is 5.54 Å². The first-order valence-corrected chi connectivity index (χ1v) is 7.66. The molecular weight excluding hydrogens is 282 g/mol. The summed E-state index contributed by atoms with van der Waals surface area (Å²) in [6.45, 7) is 1.95. The maximum Gasteiger partial charge on any atom is 0.195 e. The van der Waals surface area contributed by atoms with Crippen molar-refractivity contribution in [2.75, 3.05) is 0 Å². The maximum atomic E-state index is 13.0. The molecule has 0 fully saturated rings. The van der Waals surface area contributed by atoms with Crippen molar-refractivity contribution >= 4 is 28.4 Å². The SMILES string of the molecule is CC12C=CC=CN1C(c1ccsc1)=C(c1ccoc1)C2=O. The van der Waals surface area contributed by atoms with Gasteiger partial charge in [0.05, 0.1) is 23.8 Å². The number of furan rings is 1. The minimum Gasteiger partial charge on any atom is -0.472 e. The van der Waals surface area contributed by atoms with Gasteiger partial charge in [0.2, 0.25) is 0 Å². The number of hydrogen-bond donors (Lipinski definition) is 0. The Hall–Kier alpha value is -2.33. The van der Waals surface area contributed by atoms with Gasteiger partial charge in [-0.3, -0.25) is 4.79 Å². The lowest BCUT2D eigenvalue weighted by Crippen LogP contribution is -2.43. The lowest BCUT2D eigenvalue weighted by atomic mass is 9.90. The van der Waals surface area contributed by atoms with Crippen molar-refractivity contribution in [1.29, 1.82) is 0 Å².